The van der Waals surface area contributed by atoms with Crippen LogP contribution in [0.4, 0.5) is 13.2 Å². The molecule has 0 saturated carbocycles. The van der Waals surface area contributed by atoms with Gasteiger partial charge in [-0.15, -0.1) is 22.9 Å². The third-order valence-electron chi connectivity index (χ3n) is 5.38. The minimum atomic E-state index is -4.65. The second-order valence-corrected chi connectivity index (χ2v) is 9.86. The summed E-state index contributed by atoms with van der Waals surface area (Å²) in [5.74, 6) is -0.528. The van der Waals surface area contributed by atoms with Crippen molar-refractivity contribution in [2.75, 3.05) is 6.61 Å². The van der Waals surface area contributed by atoms with Gasteiger partial charge in [0.05, 0.1) is 38.8 Å². The van der Waals surface area contributed by atoms with Gasteiger partial charge in [0, 0.05) is 11.3 Å². The van der Waals surface area contributed by atoms with Gasteiger partial charge < -0.3 is 9.53 Å². The number of carbonyl (C=O) groups excluding carboxylic acids is 2. The molecule has 3 aromatic rings. The lowest BCUT2D eigenvalue weighted by Crippen LogP contribution is -2.11. The van der Waals surface area contributed by atoms with E-state index in [1.54, 1.807) is 49.4 Å². The largest absolute Gasteiger partial charge is 0.462 e. The Morgan fingerprint density at radius 1 is 1.25 bits per heavy atom. The SMILES string of the molecule is CCOC(=O)c1ccc(-c2ccc(-c3cc(C(F)(F)F)nn3C3=CC(Cl)CC=C3Cl)s2)cc1CC=O. The first kappa shape index (κ1) is 26.2. The number of aldehydes is 1. The van der Waals surface area contributed by atoms with E-state index in [0.717, 1.165) is 15.6 Å². The fourth-order valence-corrected chi connectivity index (χ4v) is 5.18. The lowest BCUT2D eigenvalue weighted by Gasteiger charge is -2.16. The van der Waals surface area contributed by atoms with Gasteiger partial charge in [-0.3, -0.25) is 0 Å². The van der Waals surface area contributed by atoms with Gasteiger partial charge in [0.1, 0.15) is 6.29 Å². The third kappa shape index (κ3) is 5.43. The van der Waals surface area contributed by atoms with Gasteiger partial charge in [-0.2, -0.15) is 18.3 Å². The zero-order chi connectivity index (χ0) is 26.0. The zero-order valence-electron chi connectivity index (χ0n) is 18.8. The first-order valence-corrected chi connectivity index (χ1v) is 12.5. The lowest BCUT2D eigenvalue weighted by atomic mass is 10.0. The Kier molecular flexibility index (Phi) is 7.73. The monoisotopic (exact) mass is 554 g/mol. The van der Waals surface area contributed by atoms with E-state index in [-0.39, 0.29) is 29.5 Å². The number of benzene rings is 1. The lowest BCUT2D eigenvalue weighted by molar-refractivity contribution is -0.141. The molecular weight excluding hydrogens is 536 g/mol. The van der Waals surface area contributed by atoms with Crippen LogP contribution >= 0.6 is 34.5 Å². The number of esters is 1. The molecule has 0 spiro atoms. The Labute approximate surface area is 218 Å². The maximum atomic E-state index is 13.6. The third-order valence-corrected chi connectivity index (χ3v) is 7.19. The summed E-state index contributed by atoms with van der Waals surface area (Å²) >= 11 is 13.7. The first-order valence-electron chi connectivity index (χ1n) is 10.9. The van der Waals surface area contributed by atoms with Crippen molar-refractivity contribution in [2.45, 2.75) is 31.3 Å². The molecule has 0 saturated heterocycles. The van der Waals surface area contributed by atoms with E-state index in [4.69, 9.17) is 27.9 Å². The standard InChI is InChI=1S/C25H19Cl2F3N2O3S/c1-2-35-24(34)17-5-3-15(11-14(17)9-10-33)21-7-8-22(36-21)20-13-23(25(28,29)30)31-32(20)19-12-16(26)4-6-18(19)27/h3,5-8,10-13,16H,2,4,9H2,1H3. The number of rotatable bonds is 7. The number of carbonyl (C=O) groups is 2. The zero-order valence-corrected chi connectivity index (χ0v) is 21.1. The number of thiophene rings is 1. The van der Waals surface area contributed by atoms with Gasteiger partial charge in [0.2, 0.25) is 0 Å². The van der Waals surface area contributed by atoms with Crippen LogP contribution < -0.4 is 0 Å². The van der Waals surface area contributed by atoms with E-state index in [2.05, 4.69) is 5.10 Å². The molecule has 188 valence electrons. The van der Waals surface area contributed by atoms with Crippen LogP contribution in [0.2, 0.25) is 0 Å². The minimum Gasteiger partial charge on any atom is -0.462 e. The molecule has 4 rings (SSSR count). The van der Waals surface area contributed by atoms with Gasteiger partial charge in [-0.25, -0.2) is 9.48 Å². The second-order valence-electron chi connectivity index (χ2n) is 7.81. The number of halogens is 5. The van der Waals surface area contributed by atoms with Gasteiger partial charge in [0.15, 0.2) is 5.69 Å². The van der Waals surface area contributed by atoms with Crippen LogP contribution in [0.15, 0.2) is 53.6 Å². The molecule has 0 N–H and O–H groups in total. The molecular formula is C25H19Cl2F3N2O3S. The molecule has 0 amide bonds. The van der Waals surface area contributed by atoms with Crippen molar-refractivity contribution in [1.82, 2.24) is 9.78 Å². The van der Waals surface area contributed by atoms with Crippen molar-refractivity contribution in [3.05, 3.63) is 70.4 Å². The number of hydrogen-bond acceptors (Lipinski definition) is 5. The van der Waals surface area contributed by atoms with Crippen molar-refractivity contribution in [3.8, 4) is 21.0 Å². The summed E-state index contributed by atoms with van der Waals surface area (Å²) in [5, 5.41) is 3.62. The van der Waals surface area contributed by atoms with Crippen LogP contribution in [-0.4, -0.2) is 34.0 Å². The van der Waals surface area contributed by atoms with Crippen molar-refractivity contribution < 1.29 is 27.5 Å². The van der Waals surface area contributed by atoms with Crippen LogP contribution in [0, 0.1) is 0 Å². The van der Waals surface area contributed by atoms with E-state index in [0.29, 0.717) is 34.3 Å². The Bertz CT molecular complexity index is 1380. The summed E-state index contributed by atoms with van der Waals surface area (Å²) in [4.78, 5) is 24.7. The van der Waals surface area contributed by atoms with E-state index < -0.39 is 23.2 Å². The number of aromatic nitrogens is 2. The van der Waals surface area contributed by atoms with E-state index in [9.17, 15) is 22.8 Å². The summed E-state index contributed by atoms with van der Waals surface area (Å²) in [6.07, 6.45) is -0.264. The van der Waals surface area contributed by atoms with E-state index in [1.165, 1.54) is 11.3 Å². The van der Waals surface area contributed by atoms with Crippen LogP contribution in [0.1, 0.15) is 35.0 Å². The average molecular weight is 555 g/mol. The molecule has 36 heavy (non-hydrogen) atoms. The number of alkyl halides is 4. The van der Waals surface area contributed by atoms with Crippen LogP contribution in [0.3, 0.4) is 0 Å². The van der Waals surface area contributed by atoms with Gasteiger partial charge in [0.25, 0.3) is 0 Å². The smallest absolute Gasteiger partial charge is 0.435 e. The van der Waals surface area contributed by atoms with Crippen LogP contribution in [0.5, 0.6) is 0 Å². The van der Waals surface area contributed by atoms with Crippen molar-refractivity contribution in [2.24, 2.45) is 0 Å². The van der Waals surface area contributed by atoms with Gasteiger partial charge in [-0.05, 0) is 60.9 Å². The topological polar surface area (TPSA) is 61.2 Å². The Morgan fingerprint density at radius 3 is 2.69 bits per heavy atom. The first-order chi connectivity index (χ1) is 17.1. The van der Waals surface area contributed by atoms with Crippen molar-refractivity contribution in [1.29, 1.82) is 0 Å². The number of allylic oxidation sites excluding steroid dienone is 4. The quantitative estimate of drug-likeness (QED) is 0.176. The summed E-state index contributed by atoms with van der Waals surface area (Å²) in [6, 6.07) is 9.40. The molecule has 1 aliphatic carbocycles. The van der Waals surface area contributed by atoms with Crippen LogP contribution in [-0.2, 0) is 22.1 Å². The van der Waals surface area contributed by atoms with Crippen molar-refractivity contribution >= 4 is 52.5 Å². The molecule has 11 heteroatoms. The predicted molar refractivity (Wildman–Crippen MR) is 134 cm³/mol. The maximum Gasteiger partial charge on any atom is 0.435 e. The molecule has 1 unspecified atom stereocenters. The van der Waals surface area contributed by atoms with Crippen molar-refractivity contribution in [3.63, 3.8) is 0 Å². The highest BCUT2D eigenvalue weighted by atomic mass is 35.5. The summed E-state index contributed by atoms with van der Waals surface area (Å²) in [7, 11) is 0. The van der Waals surface area contributed by atoms with Crippen LogP contribution in [0.25, 0.3) is 26.7 Å². The average Bonchev–Trinajstić information content (AvgIpc) is 3.48. The highest BCUT2D eigenvalue weighted by Gasteiger charge is 2.36. The van der Waals surface area contributed by atoms with Gasteiger partial charge >= 0.3 is 12.1 Å². The summed E-state index contributed by atoms with van der Waals surface area (Å²) in [6.45, 7) is 1.89. The number of ether oxygens (including phenoxy) is 1. The molecule has 1 atom stereocenters. The normalized spacial score (nSPS) is 15.9. The molecule has 0 radical (unpaired) electrons. The predicted octanol–water partition coefficient (Wildman–Crippen LogP) is 7.19. The fourth-order valence-electron chi connectivity index (χ4n) is 3.73. The number of nitrogens with zero attached hydrogens (tertiary/aromatic N) is 2. The highest BCUT2D eigenvalue weighted by molar-refractivity contribution is 7.18. The second kappa shape index (κ2) is 10.6. The molecule has 0 bridgehead atoms. The summed E-state index contributed by atoms with van der Waals surface area (Å²) in [5.41, 5.74) is 0.917. The fraction of sp³-hybridized carbons (Fsp3) is 0.240. The number of hydrogen-bond donors (Lipinski definition) is 0. The van der Waals surface area contributed by atoms with E-state index in [1.807, 2.05) is 0 Å². The molecule has 5 nitrogen and oxygen atoms in total. The Hall–Kier alpha value is -2.88. The minimum absolute atomic E-state index is 0.0144. The molecule has 2 aromatic heterocycles. The Balaban J connectivity index is 1.77. The molecule has 1 aliphatic rings. The Morgan fingerprint density at radius 2 is 2.00 bits per heavy atom. The summed E-state index contributed by atoms with van der Waals surface area (Å²) < 4.78 is 46.9. The molecule has 1 aromatic carbocycles. The maximum absolute atomic E-state index is 13.6. The van der Waals surface area contributed by atoms with Gasteiger partial charge in [-0.1, -0.05) is 23.7 Å². The highest BCUT2D eigenvalue weighted by Crippen LogP contribution is 2.41. The molecule has 0 fully saturated rings. The molecule has 0 aliphatic heterocycles. The molecule has 2 heterocycles. The van der Waals surface area contributed by atoms with E-state index >= 15 is 0 Å².